The van der Waals surface area contributed by atoms with Crippen LogP contribution in [0.1, 0.15) is 29.8 Å². The van der Waals surface area contributed by atoms with Crippen molar-refractivity contribution in [3.05, 3.63) is 48.0 Å². The predicted octanol–water partition coefficient (Wildman–Crippen LogP) is 2.39. The van der Waals surface area contributed by atoms with Gasteiger partial charge in [-0.05, 0) is 18.1 Å². The standard InChI is InChI=1S/C17H19NO4/c1-5-13(19)15(18)17(2,3)10-11-6-8-12(9-7-11)14(20)16(21)22-4/h5-9,18H,1,10H2,2-4H3. The highest BCUT2D eigenvalue weighted by Crippen LogP contribution is 2.24. The van der Waals surface area contributed by atoms with Gasteiger partial charge in [0, 0.05) is 11.0 Å². The lowest BCUT2D eigenvalue weighted by Crippen LogP contribution is -2.31. The molecule has 0 spiro atoms. The lowest BCUT2D eigenvalue weighted by Gasteiger charge is -2.24. The number of carbonyl (C=O) groups excluding carboxylic acids is 3. The van der Waals surface area contributed by atoms with Crippen LogP contribution in [-0.4, -0.2) is 30.4 Å². The Morgan fingerprint density at radius 1 is 1.23 bits per heavy atom. The summed E-state index contributed by atoms with van der Waals surface area (Å²) in [6.45, 7) is 6.98. The number of carbonyl (C=O) groups is 3. The lowest BCUT2D eigenvalue weighted by atomic mass is 9.79. The normalized spacial score (nSPS) is 10.7. The smallest absolute Gasteiger partial charge is 0.379 e. The van der Waals surface area contributed by atoms with E-state index in [0.717, 1.165) is 18.7 Å². The first-order valence-electron chi connectivity index (χ1n) is 6.70. The van der Waals surface area contributed by atoms with E-state index >= 15 is 0 Å². The summed E-state index contributed by atoms with van der Waals surface area (Å²) in [4.78, 5) is 34.4. The van der Waals surface area contributed by atoms with E-state index in [4.69, 9.17) is 5.41 Å². The minimum Gasteiger partial charge on any atom is -0.463 e. The average molecular weight is 301 g/mol. The topological polar surface area (TPSA) is 84.3 Å². The molecule has 0 aromatic heterocycles. The summed E-state index contributed by atoms with van der Waals surface area (Å²) in [6, 6.07) is 6.46. The van der Waals surface area contributed by atoms with Gasteiger partial charge in [0.25, 0.3) is 5.78 Å². The van der Waals surface area contributed by atoms with E-state index in [1.807, 2.05) is 0 Å². The van der Waals surface area contributed by atoms with Gasteiger partial charge in [-0.25, -0.2) is 4.79 Å². The second-order valence-electron chi connectivity index (χ2n) is 5.52. The SMILES string of the molecule is C=CC(=O)C(=N)C(C)(C)Cc1ccc(C(=O)C(=O)OC)cc1. The summed E-state index contributed by atoms with van der Waals surface area (Å²) < 4.78 is 4.38. The minimum absolute atomic E-state index is 0.0165. The maximum absolute atomic E-state index is 11.6. The monoisotopic (exact) mass is 301 g/mol. The second kappa shape index (κ2) is 6.93. The number of ether oxygens (including phenoxy) is 1. The number of benzene rings is 1. The molecule has 0 aliphatic rings. The highest BCUT2D eigenvalue weighted by molar-refractivity contribution is 6.44. The predicted molar refractivity (Wildman–Crippen MR) is 83.2 cm³/mol. The number of ketones is 2. The van der Waals surface area contributed by atoms with Crippen LogP contribution >= 0.6 is 0 Å². The van der Waals surface area contributed by atoms with Crippen LogP contribution < -0.4 is 0 Å². The fraction of sp³-hybridized carbons (Fsp3) is 0.294. The van der Waals surface area contributed by atoms with Crippen LogP contribution in [0.25, 0.3) is 0 Å². The van der Waals surface area contributed by atoms with E-state index < -0.39 is 23.0 Å². The first-order chi connectivity index (χ1) is 10.2. The molecule has 5 nitrogen and oxygen atoms in total. The summed E-state index contributed by atoms with van der Waals surface area (Å²) in [5.74, 6) is -2.02. The zero-order chi connectivity index (χ0) is 16.9. The Hall–Kier alpha value is -2.56. The molecule has 22 heavy (non-hydrogen) atoms. The van der Waals surface area contributed by atoms with Gasteiger partial charge in [0.15, 0.2) is 5.78 Å². The van der Waals surface area contributed by atoms with Crippen molar-refractivity contribution >= 4 is 23.2 Å². The van der Waals surface area contributed by atoms with Crippen molar-refractivity contribution in [1.82, 2.24) is 0 Å². The van der Waals surface area contributed by atoms with Gasteiger partial charge in [0.05, 0.1) is 12.8 Å². The highest BCUT2D eigenvalue weighted by Gasteiger charge is 2.28. The van der Waals surface area contributed by atoms with Crippen LogP contribution in [-0.2, 0) is 20.7 Å². The zero-order valence-electron chi connectivity index (χ0n) is 12.9. The number of nitrogens with one attached hydrogen (secondary N) is 1. The fourth-order valence-electron chi connectivity index (χ4n) is 2.02. The maximum Gasteiger partial charge on any atom is 0.379 e. The summed E-state index contributed by atoms with van der Waals surface area (Å²) >= 11 is 0. The van der Waals surface area contributed by atoms with Crippen molar-refractivity contribution in [2.24, 2.45) is 5.41 Å². The molecule has 1 N–H and O–H groups in total. The van der Waals surface area contributed by atoms with Gasteiger partial charge in [-0.15, -0.1) is 0 Å². The molecule has 0 amide bonds. The van der Waals surface area contributed by atoms with Gasteiger partial charge in [-0.2, -0.15) is 0 Å². The Labute approximate surface area is 129 Å². The molecule has 1 aromatic rings. The van der Waals surface area contributed by atoms with Gasteiger partial charge < -0.3 is 10.1 Å². The molecule has 1 aromatic carbocycles. The molecule has 0 atom stereocenters. The minimum atomic E-state index is -0.911. The maximum atomic E-state index is 11.6. The summed E-state index contributed by atoms with van der Waals surface area (Å²) in [5.41, 5.74) is 0.426. The van der Waals surface area contributed by atoms with Crippen LogP contribution in [0.3, 0.4) is 0 Å². The average Bonchev–Trinajstić information content (AvgIpc) is 2.52. The third-order valence-electron chi connectivity index (χ3n) is 3.34. The first-order valence-corrected chi connectivity index (χ1v) is 6.70. The van der Waals surface area contributed by atoms with Crippen LogP contribution in [0, 0.1) is 10.8 Å². The van der Waals surface area contributed by atoms with Crippen molar-refractivity contribution in [2.75, 3.05) is 7.11 Å². The Balaban J connectivity index is 2.90. The molecule has 1 rings (SSSR count). The molecule has 0 radical (unpaired) electrons. The number of esters is 1. The Morgan fingerprint density at radius 2 is 1.77 bits per heavy atom. The fourth-order valence-corrected chi connectivity index (χ4v) is 2.02. The van der Waals surface area contributed by atoms with Crippen molar-refractivity contribution in [2.45, 2.75) is 20.3 Å². The molecule has 0 aliphatic carbocycles. The van der Waals surface area contributed by atoms with Gasteiger partial charge in [-0.1, -0.05) is 44.7 Å². The third-order valence-corrected chi connectivity index (χ3v) is 3.34. The number of hydrogen-bond donors (Lipinski definition) is 1. The van der Waals surface area contributed by atoms with Crippen LogP contribution in [0.4, 0.5) is 0 Å². The lowest BCUT2D eigenvalue weighted by molar-refractivity contribution is -0.135. The van der Waals surface area contributed by atoms with Crippen LogP contribution in [0.15, 0.2) is 36.9 Å². The molecule has 0 saturated carbocycles. The number of Topliss-reactive ketones (excluding diaryl/α,β-unsaturated/α-hetero) is 1. The number of hydrogen-bond acceptors (Lipinski definition) is 5. The second-order valence-corrected chi connectivity index (χ2v) is 5.52. The van der Waals surface area contributed by atoms with Gasteiger partial charge in [0.2, 0.25) is 0 Å². The van der Waals surface area contributed by atoms with Crippen LogP contribution in [0.2, 0.25) is 0 Å². The van der Waals surface area contributed by atoms with E-state index in [0.29, 0.717) is 6.42 Å². The van der Waals surface area contributed by atoms with E-state index in [-0.39, 0.29) is 11.3 Å². The highest BCUT2D eigenvalue weighted by atomic mass is 16.5. The number of allylic oxidation sites excluding steroid dienone is 1. The molecule has 0 bridgehead atoms. The van der Waals surface area contributed by atoms with Gasteiger partial charge in [0.1, 0.15) is 0 Å². The Bertz CT molecular complexity index is 627. The largest absolute Gasteiger partial charge is 0.463 e. The van der Waals surface area contributed by atoms with Gasteiger partial charge >= 0.3 is 5.97 Å². The molecular weight excluding hydrogens is 282 g/mol. The van der Waals surface area contributed by atoms with E-state index in [2.05, 4.69) is 11.3 Å². The first kappa shape index (κ1) is 17.5. The molecule has 0 fully saturated rings. The molecule has 116 valence electrons. The van der Waals surface area contributed by atoms with Gasteiger partial charge in [-0.3, -0.25) is 9.59 Å². The zero-order valence-corrected chi connectivity index (χ0v) is 12.9. The van der Waals surface area contributed by atoms with E-state index in [9.17, 15) is 14.4 Å². The number of rotatable bonds is 7. The van der Waals surface area contributed by atoms with Crippen molar-refractivity contribution in [3.63, 3.8) is 0 Å². The van der Waals surface area contributed by atoms with Crippen molar-refractivity contribution < 1.29 is 19.1 Å². The molecule has 0 heterocycles. The molecular formula is C17H19NO4. The van der Waals surface area contributed by atoms with Crippen molar-refractivity contribution in [1.29, 1.82) is 5.41 Å². The molecule has 0 saturated heterocycles. The molecule has 5 heteroatoms. The summed E-state index contributed by atoms with van der Waals surface area (Å²) in [7, 11) is 1.15. The Morgan fingerprint density at radius 3 is 2.23 bits per heavy atom. The Kier molecular flexibility index (Phi) is 5.51. The molecule has 0 aliphatic heterocycles. The number of methoxy groups -OCH3 is 1. The van der Waals surface area contributed by atoms with Crippen molar-refractivity contribution in [3.8, 4) is 0 Å². The van der Waals surface area contributed by atoms with Crippen LogP contribution in [0.5, 0.6) is 0 Å². The quantitative estimate of drug-likeness (QED) is 0.275. The third kappa shape index (κ3) is 3.97. The van der Waals surface area contributed by atoms with E-state index in [1.54, 1.807) is 26.0 Å². The summed E-state index contributed by atoms with van der Waals surface area (Å²) in [5, 5.41) is 7.90. The summed E-state index contributed by atoms with van der Waals surface area (Å²) in [6.07, 6.45) is 1.58. The molecule has 0 unspecified atom stereocenters. The van der Waals surface area contributed by atoms with E-state index in [1.165, 1.54) is 12.1 Å².